The van der Waals surface area contributed by atoms with Crippen molar-refractivity contribution in [2.45, 2.75) is 19.0 Å². The van der Waals surface area contributed by atoms with Gasteiger partial charge in [-0.05, 0) is 35.4 Å². The van der Waals surface area contributed by atoms with Crippen LogP contribution in [0.4, 0.5) is 0 Å². The van der Waals surface area contributed by atoms with Crippen molar-refractivity contribution in [3.05, 3.63) is 52.2 Å². The molecule has 0 amide bonds. The molecule has 0 fully saturated rings. The second kappa shape index (κ2) is 6.43. The van der Waals surface area contributed by atoms with Gasteiger partial charge in [0.05, 0.1) is 12.1 Å². The average Bonchev–Trinajstić information content (AvgIpc) is 2.93. The molecule has 7 heteroatoms. The summed E-state index contributed by atoms with van der Waals surface area (Å²) in [6.45, 7) is 1.61. The van der Waals surface area contributed by atoms with E-state index in [2.05, 4.69) is 0 Å². The van der Waals surface area contributed by atoms with Crippen molar-refractivity contribution in [1.29, 1.82) is 0 Å². The largest absolute Gasteiger partial charge is 0.481 e. The van der Waals surface area contributed by atoms with Crippen molar-refractivity contribution in [3.63, 3.8) is 0 Å². The van der Waals surface area contributed by atoms with Gasteiger partial charge in [0.2, 0.25) is 0 Å². The quantitative estimate of drug-likeness (QED) is 0.791. The van der Waals surface area contributed by atoms with Gasteiger partial charge in [-0.3, -0.25) is 4.79 Å². The predicted molar refractivity (Wildman–Crippen MR) is 81.0 cm³/mol. The molecular formula is C14H15O5PS. The van der Waals surface area contributed by atoms with Gasteiger partial charge in [-0.25, -0.2) is 4.57 Å². The van der Waals surface area contributed by atoms with Crippen LogP contribution < -0.4 is 4.52 Å². The lowest BCUT2D eigenvalue weighted by Gasteiger charge is -2.20. The van der Waals surface area contributed by atoms with E-state index >= 15 is 0 Å². The Morgan fingerprint density at radius 3 is 2.71 bits per heavy atom. The monoisotopic (exact) mass is 326 g/mol. The molecule has 2 aromatic rings. The van der Waals surface area contributed by atoms with Crippen LogP contribution in [-0.2, 0) is 15.8 Å². The highest BCUT2D eigenvalue weighted by Gasteiger charge is 2.32. The Kier molecular flexibility index (Phi) is 4.83. The van der Waals surface area contributed by atoms with Crippen LogP contribution in [0.2, 0.25) is 0 Å². The maximum absolute atomic E-state index is 12.4. The molecule has 1 aromatic heterocycles. The third kappa shape index (κ3) is 3.94. The summed E-state index contributed by atoms with van der Waals surface area (Å²) in [5, 5.41) is 12.5. The van der Waals surface area contributed by atoms with Crippen LogP contribution in [0.3, 0.4) is 0 Å². The highest BCUT2D eigenvalue weighted by Crippen LogP contribution is 2.56. The highest BCUT2D eigenvalue weighted by molar-refractivity contribution is 7.53. The van der Waals surface area contributed by atoms with Crippen LogP contribution in [0.1, 0.15) is 23.7 Å². The van der Waals surface area contributed by atoms with Gasteiger partial charge in [-0.15, -0.1) is 0 Å². The minimum Gasteiger partial charge on any atom is -0.481 e. The average molecular weight is 326 g/mol. The molecule has 0 spiro atoms. The van der Waals surface area contributed by atoms with E-state index in [-0.39, 0.29) is 12.2 Å². The molecule has 2 unspecified atom stereocenters. The molecule has 0 aliphatic heterocycles. The first kappa shape index (κ1) is 15.8. The lowest BCUT2D eigenvalue weighted by Crippen LogP contribution is -2.05. The summed E-state index contributed by atoms with van der Waals surface area (Å²) in [6.07, 6.45) is -0.261. The fourth-order valence-corrected chi connectivity index (χ4v) is 3.83. The number of benzene rings is 1. The number of rotatable bonds is 6. The van der Waals surface area contributed by atoms with Crippen LogP contribution >= 0.6 is 18.9 Å². The molecule has 0 bridgehead atoms. The van der Waals surface area contributed by atoms with Crippen molar-refractivity contribution >= 4 is 24.9 Å². The summed E-state index contributed by atoms with van der Waals surface area (Å²) in [4.78, 5) is 21.0. The van der Waals surface area contributed by atoms with E-state index in [0.29, 0.717) is 5.56 Å². The fraction of sp³-hybridized carbons (Fsp3) is 0.214. The van der Waals surface area contributed by atoms with Crippen molar-refractivity contribution in [2.75, 3.05) is 0 Å². The molecule has 0 aliphatic carbocycles. The summed E-state index contributed by atoms with van der Waals surface area (Å²) >= 11 is 1.44. The van der Waals surface area contributed by atoms with Gasteiger partial charge in [0.1, 0.15) is 5.75 Å². The van der Waals surface area contributed by atoms with E-state index in [1.807, 2.05) is 5.38 Å². The molecule has 21 heavy (non-hydrogen) atoms. The third-order valence-electron chi connectivity index (χ3n) is 3.06. The molecule has 1 aromatic carbocycles. The molecule has 0 radical (unpaired) electrons. The Morgan fingerprint density at radius 1 is 1.38 bits per heavy atom. The maximum atomic E-state index is 12.4. The van der Waals surface area contributed by atoms with Gasteiger partial charge < -0.3 is 14.5 Å². The molecule has 2 rings (SSSR count). The Morgan fingerprint density at radius 2 is 2.10 bits per heavy atom. The van der Waals surface area contributed by atoms with E-state index < -0.39 is 19.2 Å². The van der Waals surface area contributed by atoms with Gasteiger partial charge in [0.25, 0.3) is 0 Å². The fourth-order valence-electron chi connectivity index (χ4n) is 1.82. The van der Waals surface area contributed by atoms with Crippen molar-refractivity contribution in [3.8, 4) is 5.75 Å². The SMILES string of the molecule is CC(c1ccsc1)P(=O)(O)Oc1ccccc1CC(=O)O. The minimum atomic E-state index is -3.95. The summed E-state index contributed by atoms with van der Waals surface area (Å²) < 4.78 is 17.7. The number of carboxylic acid groups (broad SMARTS) is 1. The molecule has 0 saturated carbocycles. The van der Waals surface area contributed by atoms with Crippen LogP contribution in [0.5, 0.6) is 5.75 Å². The summed E-state index contributed by atoms with van der Waals surface area (Å²) in [6, 6.07) is 8.14. The van der Waals surface area contributed by atoms with Gasteiger partial charge in [0, 0.05) is 5.56 Å². The first-order valence-corrected chi connectivity index (χ1v) is 8.83. The molecular weight excluding hydrogens is 311 g/mol. The summed E-state index contributed by atoms with van der Waals surface area (Å²) in [5.41, 5.74) is 0.417. The molecule has 0 saturated heterocycles. The zero-order valence-electron chi connectivity index (χ0n) is 11.3. The summed E-state index contributed by atoms with van der Waals surface area (Å²) in [7, 11) is -3.95. The van der Waals surface area contributed by atoms with Gasteiger partial charge in [0.15, 0.2) is 0 Å². The summed E-state index contributed by atoms with van der Waals surface area (Å²) in [5.74, 6) is -0.891. The minimum absolute atomic E-state index is 0.132. The Hall–Kier alpha value is -1.62. The molecule has 0 aliphatic rings. The zero-order valence-corrected chi connectivity index (χ0v) is 13.0. The van der Waals surface area contributed by atoms with Crippen LogP contribution in [0.15, 0.2) is 41.1 Å². The molecule has 1 heterocycles. The number of aliphatic carboxylic acids is 1. The smallest absolute Gasteiger partial charge is 0.383 e. The van der Waals surface area contributed by atoms with Crippen molar-refractivity contribution in [2.24, 2.45) is 0 Å². The molecule has 2 atom stereocenters. The van der Waals surface area contributed by atoms with Gasteiger partial charge >= 0.3 is 13.6 Å². The number of hydrogen-bond donors (Lipinski definition) is 2. The second-order valence-corrected chi connectivity index (χ2v) is 7.43. The number of carbonyl (C=O) groups is 1. The zero-order chi connectivity index (χ0) is 15.5. The van der Waals surface area contributed by atoms with E-state index in [1.54, 1.807) is 36.6 Å². The number of hydrogen-bond acceptors (Lipinski definition) is 4. The van der Waals surface area contributed by atoms with Gasteiger partial charge in [-0.1, -0.05) is 18.2 Å². The van der Waals surface area contributed by atoms with Crippen LogP contribution in [0.25, 0.3) is 0 Å². The first-order chi connectivity index (χ1) is 9.90. The standard InChI is InChI=1S/C14H15O5PS/c1-10(12-6-7-21-9-12)20(17,18)19-13-5-3-2-4-11(13)8-14(15)16/h2-7,9-10H,8H2,1H3,(H,15,16)(H,17,18). The third-order valence-corrected chi connectivity index (χ3v) is 5.50. The second-order valence-electron chi connectivity index (χ2n) is 4.57. The van der Waals surface area contributed by atoms with Crippen LogP contribution in [-0.4, -0.2) is 16.0 Å². The van der Waals surface area contributed by atoms with E-state index in [4.69, 9.17) is 9.63 Å². The number of carboxylic acids is 1. The normalized spacial score (nSPS) is 15.1. The maximum Gasteiger partial charge on any atom is 0.383 e. The Bertz CT molecular complexity index is 668. The Labute approximate surface area is 126 Å². The molecule has 5 nitrogen and oxygen atoms in total. The van der Waals surface area contributed by atoms with Crippen molar-refractivity contribution < 1.29 is 23.9 Å². The molecule has 2 N–H and O–H groups in total. The first-order valence-electron chi connectivity index (χ1n) is 6.24. The predicted octanol–water partition coefficient (Wildman–Crippen LogP) is 3.70. The Balaban J connectivity index is 2.24. The van der Waals surface area contributed by atoms with Crippen LogP contribution in [0, 0.1) is 0 Å². The molecule has 112 valence electrons. The van der Waals surface area contributed by atoms with E-state index in [1.165, 1.54) is 17.4 Å². The van der Waals surface area contributed by atoms with Gasteiger partial charge in [-0.2, -0.15) is 11.3 Å². The number of para-hydroxylation sites is 1. The van der Waals surface area contributed by atoms with Crippen molar-refractivity contribution in [1.82, 2.24) is 0 Å². The number of thiophene rings is 1. The lowest BCUT2D eigenvalue weighted by molar-refractivity contribution is -0.136. The highest BCUT2D eigenvalue weighted by atomic mass is 32.1. The van der Waals surface area contributed by atoms with E-state index in [9.17, 15) is 14.3 Å². The topological polar surface area (TPSA) is 83.8 Å². The lowest BCUT2D eigenvalue weighted by atomic mass is 10.1. The van der Waals surface area contributed by atoms with E-state index in [0.717, 1.165) is 5.56 Å².